The van der Waals surface area contributed by atoms with E-state index in [1.54, 1.807) is 18.0 Å². The van der Waals surface area contributed by atoms with Crippen molar-refractivity contribution in [1.29, 1.82) is 0 Å². The van der Waals surface area contributed by atoms with Crippen LogP contribution in [0.5, 0.6) is 0 Å². The van der Waals surface area contributed by atoms with Gasteiger partial charge in [-0.3, -0.25) is 4.79 Å². The zero-order chi connectivity index (χ0) is 15.2. The summed E-state index contributed by atoms with van der Waals surface area (Å²) in [6.07, 6.45) is 2.08. The third-order valence-electron chi connectivity index (χ3n) is 2.86. The molecule has 0 amide bonds. The summed E-state index contributed by atoms with van der Waals surface area (Å²) in [7, 11) is 1.40. The van der Waals surface area contributed by atoms with Gasteiger partial charge in [-0.15, -0.1) is 11.8 Å². The number of ether oxygens (including phenoxy) is 1. The molecule has 0 radical (unpaired) electrons. The molecule has 112 valence electrons. The van der Waals surface area contributed by atoms with Crippen LogP contribution >= 0.6 is 23.4 Å². The molecule has 1 atom stereocenters. The molecule has 4 nitrogen and oxygen atoms in total. The van der Waals surface area contributed by atoms with Crippen LogP contribution in [0.4, 0.5) is 0 Å². The Balaban J connectivity index is 1.91. The second kappa shape index (κ2) is 7.52. The molecule has 0 spiro atoms. The van der Waals surface area contributed by atoms with E-state index < -0.39 is 0 Å². The number of benzene rings is 1. The predicted octanol–water partition coefficient (Wildman–Crippen LogP) is 4.18. The summed E-state index contributed by atoms with van der Waals surface area (Å²) < 4.78 is 10.3. The van der Waals surface area contributed by atoms with Crippen LogP contribution in [0.15, 0.2) is 34.9 Å². The molecular weight excluding hydrogens is 310 g/mol. The molecule has 6 heteroatoms. The topological polar surface area (TPSA) is 52.3 Å². The zero-order valence-electron chi connectivity index (χ0n) is 11.8. The average Bonchev–Trinajstić information content (AvgIpc) is 2.94. The summed E-state index contributed by atoms with van der Waals surface area (Å²) in [5, 5.41) is 0.842. The summed E-state index contributed by atoms with van der Waals surface area (Å²) in [6.45, 7) is 1.98. The highest BCUT2D eigenvalue weighted by molar-refractivity contribution is 7.99. The summed E-state index contributed by atoms with van der Waals surface area (Å²) in [4.78, 5) is 15.4. The molecule has 21 heavy (non-hydrogen) atoms. The summed E-state index contributed by atoms with van der Waals surface area (Å²) in [6, 6.07) is 7.40. The number of halogens is 1. The number of esters is 1. The lowest BCUT2D eigenvalue weighted by molar-refractivity contribution is -0.140. The first-order valence-corrected chi connectivity index (χ1v) is 7.90. The summed E-state index contributed by atoms with van der Waals surface area (Å²) in [5.74, 6) is 1.76. The number of aromatic nitrogens is 1. The fourth-order valence-corrected chi connectivity index (χ4v) is 2.66. The second-order valence-corrected chi connectivity index (χ2v) is 6.39. The SMILES string of the molecule is COC(=O)CC(C)SCc1ncc(-c2ccc(Cl)cc2)o1. The van der Waals surface area contributed by atoms with Gasteiger partial charge in [-0.1, -0.05) is 18.5 Å². The van der Waals surface area contributed by atoms with E-state index in [-0.39, 0.29) is 11.2 Å². The second-order valence-electron chi connectivity index (χ2n) is 4.53. The number of hydrogen-bond acceptors (Lipinski definition) is 5. The van der Waals surface area contributed by atoms with Crippen molar-refractivity contribution in [2.75, 3.05) is 7.11 Å². The Morgan fingerprint density at radius 2 is 2.14 bits per heavy atom. The van der Waals surface area contributed by atoms with Crippen molar-refractivity contribution in [3.8, 4) is 11.3 Å². The minimum absolute atomic E-state index is 0.156. The first-order valence-electron chi connectivity index (χ1n) is 6.47. The number of thioether (sulfide) groups is 1. The van der Waals surface area contributed by atoms with Gasteiger partial charge in [0, 0.05) is 15.8 Å². The monoisotopic (exact) mass is 325 g/mol. The largest absolute Gasteiger partial charge is 0.469 e. The summed E-state index contributed by atoms with van der Waals surface area (Å²) in [5.41, 5.74) is 0.936. The van der Waals surface area contributed by atoms with Gasteiger partial charge in [0.15, 0.2) is 5.76 Å². The molecule has 0 bridgehead atoms. The molecule has 0 fully saturated rings. The molecule has 1 unspecified atom stereocenters. The normalized spacial score (nSPS) is 12.1. The molecule has 0 N–H and O–H groups in total. The van der Waals surface area contributed by atoms with Crippen molar-refractivity contribution in [3.63, 3.8) is 0 Å². The molecule has 2 aromatic rings. The first kappa shape index (κ1) is 15.9. The van der Waals surface area contributed by atoms with Crippen LogP contribution in [-0.4, -0.2) is 23.3 Å². The molecular formula is C15H16ClNO3S. The molecule has 0 aliphatic carbocycles. The average molecular weight is 326 g/mol. The Morgan fingerprint density at radius 1 is 1.43 bits per heavy atom. The van der Waals surface area contributed by atoms with Crippen LogP contribution in [0.25, 0.3) is 11.3 Å². The fraction of sp³-hybridized carbons (Fsp3) is 0.333. The van der Waals surface area contributed by atoms with Crippen molar-refractivity contribution in [1.82, 2.24) is 4.98 Å². The Hall–Kier alpha value is -1.46. The number of carbonyl (C=O) groups is 1. The molecule has 1 aromatic heterocycles. The summed E-state index contributed by atoms with van der Waals surface area (Å²) >= 11 is 7.46. The van der Waals surface area contributed by atoms with Crippen LogP contribution < -0.4 is 0 Å². The number of carbonyl (C=O) groups excluding carboxylic acids is 1. The van der Waals surface area contributed by atoms with Gasteiger partial charge in [0.2, 0.25) is 5.89 Å². The molecule has 2 rings (SSSR count). The van der Waals surface area contributed by atoms with Gasteiger partial charge in [-0.05, 0) is 24.3 Å². The Morgan fingerprint density at radius 3 is 2.81 bits per heavy atom. The van der Waals surface area contributed by atoms with E-state index in [4.69, 9.17) is 16.0 Å². The fourth-order valence-electron chi connectivity index (χ4n) is 1.72. The van der Waals surface area contributed by atoms with Crippen molar-refractivity contribution >= 4 is 29.3 Å². The van der Waals surface area contributed by atoms with E-state index >= 15 is 0 Å². The minimum atomic E-state index is -0.204. The van der Waals surface area contributed by atoms with E-state index in [2.05, 4.69) is 9.72 Å². The van der Waals surface area contributed by atoms with Gasteiger partial charge in [0.05, 0.1) is 25.5 Å². The Bertz CT molecular complexity index is 597. The van der Waals surface area contributed by atoms with Gasteiger partial charge in [0.25, 0.3) is 0 Å². The minimum Gasteiger partial charge on any atom is -0.469 e. The lowest BCUT2D eigenvalue weighted by Gasteiger charge is -2.07. The highest BCUT2D eigenvalue weighted by Crippen LogP contribution is 2.25. The maximum atomic E-state index is 11.2. The standard InChI is InChI=1S/C15H16ClNO3S/c1-10(7-15(18)19-2)21-9-14-17-8-13(20-14)11-3-5-12(16)6-4-11/h3-6,8,10H,7,9H2,1-2H3. The molecule has 1 aromatic carbocycles. The van der Waals surface area contributed by atoms with Gasteiger partial charge in [0.1, 0.15) is 0 Å². The van der Waals surface area contributed by atoms with Gasteiger partial charge < -0.3 is 9.15 Å². The Labute approximate surface area is 132 Å². The van der Waals surface area contributed by atoms with E-state index in [0.29, 0.717) is 28.8 Å². The van der Waals surface area contributed by atoms with Crippen molar-refractivity contribution in [3.05, 3.63) is 41.4 Å². The number of rotatable bonds is 6. The lowest BCUT2D eigenvalue weighted by Crippen LogP contribution is -2.08. The molecule has 0 aliphatic heterocycles. The van der Waals surface area contributed by atoms with Gasteiger partial charge in [-0.25, -0.2) is 4.98 Å². The predicted molar refractivity (Wildman–Crippen MR) is 84.3 cm³/mol. The lowest BCUT2D eigenvalue weighted by atomic mass is 10.2. The van der Waals surface area contributed by atoms with E-state index in [9.17, 15) is 4.79 Å². The molecule has 0 aliphatic rings. The van der Waals surface area contributed by atoms with Gasteiger partial charge >= 0.3 is 5.97 Å². The highest BCUT2D eigenvalue weighted by atomic mass is 35.5. The third-order valence-corrected chi connectivity index (χ3v) is 4.26. The molecule has 1 heterocycles. The molecule has 0 saturated carbocycles. The molecule has 0 saturated heterocycles. The van der Waals surface area contributed by atoms with Crippen LogP contribution in [0.2, 0.25) is 5.02 Å². The number of nitrogens with zero attached hydrogens (tertiary/aromatic N) is 1. The Kier molecular flexibility index (Phi) is 5.70. The maximum absolute atomic E-state index is 11.2. The highest BCUT2D eigenvalue weighted by Gasteiger charge is 2.12. The first-order chi connectivity index (χ1) is 10.1. The number of oxazole rings is 1. The van der Waals surface area contributed by atoms with Crippen molar-refractivity contribution < 1.29 is 13.9 Å². The number of methoxy groups -OCH3 is 1. The van der Waals surface area contributed by atoms with Gasteiger partial charge in [-0.2, -0.15) is 0 Å². The maximum Gasteiger partial charge on any atom is 0.306 e. The quantitative estimate of drug-likeness (QED) is 0.746. The van der Waals surface area contributed by atoms with Crippen LogP contribution in [0, 0.1) is 0 Å². The van der Waals surface area contributed by atoms with Crippen LogP contribution in [0.1, 0.15) is 19.2 Å². The third kappa shape index (κ3) is 4.79. The van der Waals surface area contributed by atoms with Crippen molar-refractivity contribution in [2.24, 2.45) is 0 Å². The van der Waals surface area contributed by atoms with E-state index in [0.717, 1.165) is 5.56 Å². The smallest absolute Gasteiger partial charge is 0.306 e. The van der Waals surface area contributed by atoms with E-state index in [1.165, 1.54) is 7.11 Å². The van der Waals surface area contributed by atoms with E-state index in [1.807, 2.05) is 31.2 Å². The number of hydrogen-bond donors (Lipinski definition) is 0. The van der Waals surface area contributed by atoms with Crippen LogP contribution in [-0.2, 0) is 15.3 Å². The van der Waals surface area contributed by atoms with Crippen LogP contribution in [0.3, 0.4) is 0 Å². The zero-order valence-corrected chi connectivity index (χ0v) is 13.4. The van der Waals surface area contributed by atoms with Crippen molar-refractivity contribution in [2.45, 2.75) is 24.3 Å².